The van der Waals surface area contributed by atoms with Crippen LogP contribution in [0.25, 0.3) is 0 Å². The molecule has 0 amide bonds. The van der Waals surface area contributed by atoms with E-state index in [1.54, 1.807) is 0 Å². The van der Waals surface area contributed by atoms with E-state index in [1.165, 1.54) is 16.7 Å². The molecule has 2 nitrogen and oxygen atoms in total. The summed E-state index contributed by atoms with van der Waals surface area (Å²) >= 11 is 0. The summed E-state index contributed by atoms with van der Waals surface area (Å²) in [5, 5.41) is 3.71. The number of aryl methyl sites for hydroxylation is 1. The summed E-state index contributed by atoms with van der Waals surface area (Å²) in [4.78, 5) is 0. The summed E-state index contributed by atoms with van der Waals surface area (Å²) in [6.45, 7) is 16.6. The molecule has 2 rings (SSSR count). The molecule has 1 aliphatic heterocycles. The van der Waals surface area contributed by atoms with E-state index in [4.69, 9.17) is 4.74 Å². The van der Waals surface area contributed by atoms with Crippen molar-refractivity contribution in [3.8, 4) is 5.75 Å². The molecule has 0 spiro atoms. The fourth-order valence-electron chi connectivity index (χ4n) is 3.15. The third kappa shape index (κ3) is 3.60. The average Bonchev–Trinajstić information content (AvgIpc) is 2.34. The Morgan fingerprint density at radius 3 is 2.52 bits per heavy atom. The summed E-state index contributed by atoms with van der Waals surface area (Å²) in [5.74, 6) is 1.11. The van der Waals surface area contributed by atoms with Gasteiger partial charge < -0.3 is 10.1 Å². The third-order valence-corrected chi connectivity index (χ3v) is 4.16. The largest absolute Gasteiger partial charge is 0.487 e. The fourth-order valence-corrected chi connectivity index (χ4v) is 3.15. The minimum atomic E-state index is -0.117. The Balaban J connectivity index is 2.54. The maximum absolute atomic E-state index is 6.40. The number of fused-ring (bicyclic) bond motifs is 1. The van der Waals surface area contributed by atoms with Gasteiger partial charge in [-0.3, -0.25) is 0 Å². The Morgan fingerprint density at radius 2 is 1.95 bits per heavy atom. The van der Waals surface area contributed by atoms with Crippen LogP contribution in [-0.2, 0) is 5.41 Å². The molecular weight excluding hydrogens is 258 g/mol. The van der Waals surface area contributed by atoms with Crippen LogP contribution in [0.3, 0.4) is 0 Å². The van der Waals surface area contributed by atoms with Gasteiger partial charge in [0.1, 0.15) is 11.4 Å². The lowest BCUT2D eigenvalue weighted by atomic mass is 9.80. The first-order valence-corrected chi connectivity index (χ1v) is 8.21. The molecule has 1 aromatic carbocycles. The normalized spacial score (nSPS) is 20.8. The standard InChI is InChI=1S/C19H31NO/c1-8-9-20-16-12-19(6,7)21-17-14(16)10-13(2)11-15(17)18(3,4)5/h10-11,16,20H,8-9,12H2,1-7H3. The molecule has 1 aromatic rings. The lowest BCUT2D eigenvalue weighted by molar-refractivity contribution is 0.0636. The van der Waals surface area contributed by atoms with E-state index in [-0.39, 0.29) is 11.0 Å². The summed E-state index contributed by atoms with van der Waals surface area (Å²) in [6, 6.07) is 4.98. The molecular formula is C19H31NO. The molecule has 21 heavy (non-hydrogen) atoms. The van der Waals surface area contributed by atoms with E-state index >= 15 is 0 Å². The molecule has 0 aliphatic carbocycles. The summed E-state index contributed by atoms with van der Waals surface area (Å²) in [7, 11) is 0. The Morgan fingerprint density at radius 1 is 1.29 bits per heavy atom. The second-order valence-electron chi connectivity index (χ2n) is 8.05. The summed E-state index contributed by atoms with van der Waals surface area (Å²) < 4.78 is 6.40. The molecule has 1 aliphatic rings. The number of hydrogen-bond donors (Lipinski definition) is 1. The first kappa shape index (κ1) is 16.4. The van der Waals surface area contributed by atoms with Crippen LogP contribution in [0.15, 0.2) is 12.1 Å². The number of benzene rings is 1. The van der Waals surface area contributed by atoms with Gasteiger partial charge in [0.25, 0.3) is 0 Å². The van der Waals surface area contributed by atoms with E-state index in [0.717, 1.165) is 25.1 Å². The Bertz CT molecular complexity index is 511. The zero-order chi connectivity index (χ0) is 15.8. The Labute approximate surface area is 130 Å². The van der Waals surface area contributed by atoms with E-state index in [2.05, 4.69) is 65.9 Å². The average molecular weight is 289 g/mol. The van der Waals surface area contributed by atoms with Crippen molar-refractivity contribution in [3.05, 3.63) is 28.8 Å². The summed E-state index contributed by atoms with van der Waals surface area (Å²) in [5.41, 5.74) is 3.97. The zero-order valence-electron chi connectivity index (χ0n) is 14.8. The second kappa shape index (κ2) is 5.64. The van der Waals surface area contributed by atoms with Crippen LogP contribution < -0.4 is 10.1 Å². The van der Waals surface area contributed by atoms with Crippen LogP contribution in [0.2, 0.25) is 0 Å². The van der Waals surface area contributed by atoms with Crippen LogP contribution in [0.1, 0.15) is 77.1 Å². The van der Waals surface area contributed by atoms with E-state index in [1.807, 2.05) is 0 Å². The van der Waals surface area contributed by atoms with Crippen LogP contribution in [0.4, 0.5) is 0 Å². The minimum Gasteiger partial charge on any atom is -0.487 e. The van der Waals surface area contributed by atoms with Crippen molar-refractivity contribution in [2.24, 2.45) is 0 Å². The van der Waals surface area contributed by atoms with Crippen molar-refractivity contribution in [1.82, 2.24) is 5.32 Å². The first-order chi connectivity index (χ1) is 9.64. The van der Waals surface area contributed by atoms with Crippen molar-refractivity contribution in [2.75, 3.05) is 6.54 Å². The highest BCUT2D eigenvalue weighted by atomic mass is 16.5. The molecule has 1 heterocycles. The molecule has 0 saturated carbocycles. The molecule has 1 N–H and O–H groups in total. The van der Waals surface area contributed by atoms with Gasteiger partial charge >= 0.3 is 0 Å². The molecule has 1 atom stereocenters. The van der Waals surface area contributed by atoms with Gasteiger partial charge in [0.15, 0.2) is 0 Å². The topological polar surface area (TPSA) is 21.3 Å². The smallest absolute Gasteiger partial charge is 0.128 e. The number of rotatable bonds is 3. The van der Waals surface area contributed by atoms with Crippen molar-refractivity contribution >= 4 is 0 Å². The van der Waals surface area contributed by atoms with Crippen LogP contribution >= 0.6 is 0 Å². The Hall–Kier alpha value is -1.02. The van der Waals surface area contributed by atoms with Gasteiger partial charge in [-0.05, 0) is 39.2 Å². The molecule has 1 unspecified atom stereocenters. The quantitative estimate of drug-likeness (QED) is 0.855. The number of ether oxygens (including phenoxy) is 1. The maximum Gasteiger partial charge on any atom is 0.128 e. The second-order valence-corrected chi connectivity index (χ2v) is 8.05. The van der Waals surface area contributed by atoms with Crippen molar-refractivity contribution in [1.29, 1.82) is 0 Å². The number of hydrogen-bond acceptors (Lipinski definition) is 2. The molecule has 0 fully saturated rings. The molecule has 0 radical (unpaired) electrons. The SMILES string of the molecule is CCCNC1CC(C)(C)Oc2c1cc(C)cc2C(C)(C)C. The van der Waals surface area contributed by atoms with Gasteiger partial charge in [-0.1, -0.05) is 45.4 Å². The predicted octanol–water partition coefficient (Wildman–Crippen LogP) is 4.89. The fraction of sp³-hybridized carbons (Fsp3) is 0.684. The van der Waals surface area contributed by atoms with Crippen LogP contribution in [0.5, 0.6) is 5.75 Å². The highest BCUT2D eigenvalue weighted by Crippen LogP contribution is 2.45. The van der Waals surface area contributed by atoms with Gasteiger partial charge in [-0.15, -0.1) is 0 Å². The minimum absolute atomic E-state index is 0.0961. The lowest BCUT2D eigenvalue weighted by Crippen LogP contribution is -2.40. The van der Waals surface area contributed by atoms with E-state index in [9.17, 15) is 0 Å². The predicted molar refractivity (Wildman–Crippen MR) is 90.2 cm³/mol. The van der Waals surface area contributed by atoms with Gasteiger partial charge in [0.05, 0.1) is 0 Å². The van der Waals surface area contributed by atoms with Gasteiger partial charge in [0, 0.05) is 23.6 Å². The van der Waals surface area contributed by atoms with E-state index in [0.29, 0.717) is 6.04 Å². The molecule has 2 heteroatoms. The maximum atomic E-state index is 6.40. The molecule has 0 bridgehead atoms. The molecule has 0 saturated heterocycles. The monoisotopic (exact) mass is 289 g/mol. The summed E-state index contributed by atoms with van der Waals surface area (Å²) in [6.07, 6.45) is 2.18. The van der Waals surface area contributed by atoms with E-state index < -0.39 is 0 Å². The first-order valence-electron chi connectivity index (χ1n) is 8.21. The van der Waals surface area contributed by atoms with Crippen LogP contribution in [0, 0.1) is 6.92 Å². The molecule has 118 valence electrons. The van der Waals surface area contributed by atoms with Crippen molar-refractivity contribution in [2.45, 2.75) is 78.4 Å². The van der Waals surface area contributed by atoms with Crippen LogP contribution in [-0.4, -0.2) is 12.1 Å². The van der Waals surface area contributed by atoms with Gasteiger partial charge in [-0.25, -0.2) is 0 Å². The zero-order valence-corrected chi connectivity index (χ0v) is 14.8. The number of nitrogens with one attached hydrogen (secondary N) is 1. The lowest BCUT2D eigenvalue weighted by Gasteiger charge is -2.41. The highest BCUT2D eigenvalue weighted by molar-refractivity contribution is 5.50. The highest BCUT2D eigenvalue weighted by Gasteiger charge is 2.36. The van der Waals surface area contributed by atoms with Crippen molar-refractivity contribution < 1.29 is 4.74 Å². The van der Waals surface area contributed by atoms with Gasteiger partial charge in [-0.2, -0.15) is 0 Å². The Kier molecular flexibility index (Phi) is 4.39. The molecule has 0 aromatic heterocycles. The van der Waals surface area contributed by atoms with Gasteiger partial charge in [0.2, 0.25) is 0 Å². The van der Waals surface area contributed by atoms with Crippen molar-refractivity contribution in [3.63, 3.8) is 0 Å². The third-order valence-electron chi connectivity index (χ3n) is 4.16.